The minimum Gasteiger partial charge on any atom is -0.484 e. The lowest BCUT2D eigenvalue weighted by Gasteiger charge is -2.56. The maximum Gasteiger partial charge on any atom is 0.271 e. The number of benzene rings is 2. The molecule has 11 heteroatoms. The molecule has 3 aliphatic carbocycles. The molecular formula is C25H23Cl2FN4O4. The van der Waals surface area contributed by atoms with Gasteiger partial charge >= 0.3 is 0 Å². The summed E-state index contributed by atoms with van der Waals surface area (Å²) in [5.74, 6) is -0.785. The highest BCUT2D eigenvalue weighted by Crippen LogP contribution is 2.47. The Hall–Kier alpha value is -3.01. The van der Waals surface area contributed by atoms with Crippen LogP contribution < -0.4 is 15.4 Å². The topological polar surface area (TPSA) is 113 Å². The van der Waals surface area contributed by atoms with Crippen LogP contribution in [0.25, 0.3) is 11.0 Å². The average molecular weight is 533 g/mol. The summed E-state index contributed by atoms with van der Waals surface area (Å²) in [7, 11) is 0. The molecule has 6 rings (SSSR count). The molecule has 3 N–H and O–H groups in total. The molecule has 0 radical (unpaired) electrons. The molecule has 0 unspecified atom stereocenters. The normalized spacial score (nSPS) is 24.9. The smallest absolute Gasteiger partial charge is 0.271 e. The van der Waals surface area contributed by atoms with Gasteiger partial charge in [-0.05, 0) is 56.4 Å². The maximum atomic E-state index is 13.4. The molecule has 36 heavy (non-hydrogen) atoms. The Kier molecular flexibility index (Phi) is 6.48. The number of ether oxygens (including phenoxy) is 1. The van der Waals surface area contributed by atoms with Crippen molar-refractivity contribution in [2.75, 3.05) is 6.61 Å². The van der Waals surface area contributed by atoms with E-state index < -0.39 is 28.9 Å². The highest BCUT2D eigenvalue weighted by Gasteiger charge is 2.55. The summed E-state index contributed by atoms with van der Waals surface area (Å²) in [6.45, 7) is -0.237. The van der Waals surface area contributed by atoms with Gasteiger partial charge in [-0.1, -0.05) is 23.2 Å². The number of hydrogen-bond donors (Lipinski definition) is 3. The number of fused-ring (bicyclic) bond motifs is 4. The van der Waals surface area contributed by atoms with E-state index >= 15 is 0 Å². The van der Waals surface area contributed by atoms with Gasteiger partial charge < -0.3 is 20.5 Å². The van der Waals surface area contributed by atoms with Crippen LogP contribution in [0.4, 0.5) is 4.39 Å². The van der Waals surface area contributed by atoms with E-state index in [9.17, 15) is 19.1 Å². The SMILES string of the molecule is O=C(COc1ccc(Cl)c(Cl)c1)NC12CCC(NC(=O)c3cnc4cc(F)ccc4n3)(CC1)C[C@@H]2O. The Morgan fingerprint density at radius 1 is 1.06 bits per heavy atom. The number of halogens is 3. The van der Waals surface area contributed by atoms with Gasteiger partial charge in [0.05, 0.1) is 38.9 Å². The van der Waals surface area contributed by atoms with Crippen LogP contribution in [0.3, 0.4) is 0 Å². The second-order valence-corrected chi connectivity index (χ2v) is 10.2. The Morgan fingerprint density at radius 3 is 2.56 bits per heavy atom. The molecule has 3 saturated carbocycles. The summed E-state index contributed by atoms with van der Waals surface area (Å²) in [6.07, 6.45) is 2.91. The van der Waals surface area contributed by atoms with Gasteiger partial charge in [0.15, 0.2) is 6.61 Å². The molecule has 0 saturated heterocycles. The van der Waals surface area contributed by atoms with Gasteiger partial charge in [-0.2, -0.15) is 0 Å². The lowest BCUT2D eigenvalue weighted by molar-refractivity contribution is -0.132. The summed E-state index contributed by atoms with van der Waals surface area (Å²) in [5.41, 5.74) is -0.498. The van der Waals surface area contributed by atoms with Crippen LogP contribution in [0.1, 0.15) is 42.6 Å². The van der Waals surface area contributed by atoms with Gasteiger partial charge in [-0.15, -0.1) is 0 Å². The molecule has 0 aliphatic heterocycles. The van der Waals surface area contributed by atoms with Crippen molar-refractivity contribution in [2.45, 2.75) is 49.3 Å². The number of aliphatic hydroxyl groups excluding tert-OH is 1. The Morgan fingerprint density at radius 2 is 1.83 bits per heavy atom. The summed E-state index contributed by atoms with van der Waals surface area (Å²) in [4.78, 5) is 34.0. The number of rotatable bonds is 6. The minimum atomic E-state index is -0.847. The van der Waals surface area contributed by atoms with Crippen LogP contribution in [-0.2, 0) is 4.79 Å². The molecule has 1 aromatic heterocycles. The van der Waals surface area contributed by atoms with Gasteiger partial charge in [0.1, 0.15) is 17.3 Å². The lowest BCUT2D eigenvalue weighted by Crippen LogP contribution is -2.70. The van der Waals surface area contributed by atoms with Gasteiger partial charge in [0.2, 0.25) is 0 Å². The Balaban J connectivity index is 1.20. The highest BCUT2D eigenvalue weighted by molar-refractivity contribution is 6.42. The Bertz CT molecular complexity index is 1350. The third kappa shape index (κ3) is 4.83. The molecule has 2 aromatic carbocycles. The second-order valence-electron chi connectivity index (χ2n) is 9.41. The van der Waals surface area contributed by atoms with Crippen LogP contribution >= 0.6 is 23.2 Å². The number of nitrogens with one attached hydrogen (secondary N) is 2. The standard InChI is InChI=1S/C25H23Cl2FN4O4/c26-16-3-2-15(10-17(16)27)36-13-22(34)31-25-7-5-24(6-8-25,11-21(25)33)32-23(35)20-12-29-19-9-14(28)1-4-18(19)30-20/h1-4,9-10,12,21,33H,5-8,11,13H2,(H,31,34)(H,32,35)/t21-,24?,25?/m0/s1. The maximum absolute atomic E-state index is 13.4. The highest BCUT2D eigenvalue weighted by atomic mass is 35.5. The van der Waals surface area contributed by atoms with E-state index in [2.05, 4.69) is 20.6 Å². The number of hydrogen-bond acceptors (Lipinski definition) is 6. The molecule has 1 atom stereocenters. The van der Waals surface area contributed by atoms with Crippen molar-refractivity contribution in [1.82, 2.24) is 20.6 Å². The van der Waals surface area contributed by atoms with Crippen LogP contribution in [0.2, 0.25) is 10.0 Å². The van der Waals surface area contributed by atoms with Crippen molar-refractivity contribution in [3.8, 4) is 5.75 Å². The summed E-state index contributed by atoms with van der Waals surface area (Å²) in [6, 6.07) is 8.72. The predicted molar refractivity (Wildman–Crippen MR) is 132 cm³/mol. The van der Waals surface area contributed by atoms with E-state index in [4.69, 9.17) is 27.9 Å². The third-order valence-corrected chi connectivity index (χ3v) is 7.83. The van der Waals surface area contributed by atoms with Gasteiger partial charge in [0, 0.05) is 17.7 Å². The summed E-state index contributed by atoms with van der Waals surface area (Å²) < 4.78 is 18.9. The number of carbonyl (C=O) groups excluding carboxylic acids is 2. The average Bonchev–Trinajstić information content (AvgIpc) is 2.85. The first-order valence-electron chi connectivity index (χ1n) is 11.5. The van der Waals surface area contributed by atoms with Gasteiger partial charge in [-0.3, -0.25) is 14.6 Å². The molecule has 3 fully saturated rings. The van der Waals surface area contributed by atoms with E-state index in [1.54, 1.807) is 12.1 Å². The molecule has 2 amide bonds. The zero-order valence-corrected chi connectivity index (χ0v) is 20.6. The fraction of sp³-hybridized carbons (Fsp3) is 0.360. The van der Waals surface area contributed by atoms with Crippen molar-refractivity contribution in [1.29, 1.82) is 0 Å². The predicted octanol–water partition coefficient (Wildman–Crippen LogP) is 3.82. The fourth-order valence-corrected chi connectivity index (χ4v) is 5.38. The van der Waals surface area contributed by atoms with Crippen LogP contribution in [-0.4, -0.2) is 50.7 Å². The molecule has 3 aliphatic rings. The summed E-state index contributed by atoms with van der Waals surface area (Å²) in [5, 5.41) is 17.7. The Labute approximate surface area is 216 Å². The number of amides is 2. The first-order valence-corrected chi connectivity index (χ1v) is 12.2. The lowest BCUT2D eigenvalue weighted by atomic mass is 9.60. The summed E-state index contributed by atoms with van der Waals surface area (Å²) >= 11 is 11.9. The van der Waals surface area contributed by atoms with E-state index in [1.807, 2.05) is 0 Å². The first kappa shape index (κ1) is 24.7. The number of aliphatic hydroxyl groups is 1. The van der Waals surface area contributed by atoms with E-state index in [1.165, 1.54) is 30.5 Å². The fourth-order valence-electron chi connectivity index (χ4n) is 5.09. The van der Waals surface area contributed by atoms with Crippen molar-refractivity contribution >= 4 is 46.0 Å². The zero-order chi connectivity index (χ0) is 25.5. The second kappa shape index (κ2) is 9.46. The van der Waals surface area contributed by atoms with Crippen LogP contribution in [0, 0.1) is 5.82 Å². The molecular weight excluding hydrogens is 510 g/mol. The third-order valence-electron chi connectivity index (χ3n) is 7.09. The monoisotopic (exact) mass is 532 g/mol. The zero-order valence-electron chi connectivity index (χ0n) is 19.1. The van der Waals surface area contributed by atoms with Crippen molar-refractivity contribution < 1.29 is 23.8 Å². The molecule has 3 aromatic rings. The van der Waals surface area contributed by atoms with E-state index in [0.29, 0.717) is 58.9 Å². The van der Waals surface area contributed by atoms with Gasteiger partial charge in [0.25, 0.3) is 11.8 Å². The number of aromatic nitrogens is 2. The quantitative estimate of drug-likeness (QED) is 0.444. The van der Waals surface area contributed by atoms with Crippen LogP contribution in [0.5, 0.6) is 5.75 Å². The van der Waals surface area contributed by atoms with Crippen molar-refractivity contribution in [2.24, 2.45) is 0 Å². The first-order chi connectivity index (χ1) is 17.2. The molecule has 188 valence electrons. The molecule has 1 heterocycles. The molecule has 2 bridgehead atoms. The van der Waals surface area contributed by atoms with Crippen LogP contribution in [0.15, 0.2) is 42.6 Å². The van der Waals surface area contributed by atoms with E-state index in [-0.39, 0.29) is 18.2 Å². The number of carbonyl (C=O) groups is 2. The largest absolute Gasteiger partial charge is 0.484 e. The molecule has 0 spiro atoms. The number of nitrogens with zero attached hydrogens (tertiary/aromatic N) is 2. The molecule has 8 nitrogen and oxygen atoms in total. The van der Waals surface area contributed by atoms with E-state index in [0.717, 1.165) is 0 Å². The van der Waals surface area contributed by atoms with Crippen molar-refractivity contribution in [3.63, 3.8) is 0 Å². The van der Waals surface area contributed by atoms with Gasteiger partial charge in [-0.25, -0.2) is 9.37 Å². The minimum absolute atomic E-state index is 0.119. The van der Waals surface area contributed by atoms with Crippen molar-refractivity contribution in [3.05, 3.63) is 64.2 Å².